The molecule has 16 heavy (non-hydrogen) atoms. The van der Waals surface area contributed by atoms with E-state index in [-0.39, 0.29) is 0 Å². The summed E-state index contributed by atoms with van der Waals surface area (Å²) in [6, 6.07) is 11.5. The molecule has 0 radical (unpaired) electrons. The zero-order valence-electron chi connectivity index (χ0n) is 7.98. The number of hydrogen-bond acceptors (Lipinski definition) is 0. The fourth-order valence-electron chi connectivity index (χ4n) is 1.38. The predicted octanol–water partition coefficient (Wildman–Crippen LogP) is 6.19. The van der Waals surface area contributed by atoms with Gasteiger partial charge >= 0.3 is 0 Å². The quantitative estimate of drug-likeness (QED) is 0.518. The van der Waals surface area contributed by atoms with Gasteiger partial charge in [-0.2, -0.15) is 0 Å². The van der Waals surface area contributed by atoms with E-state index < -0.39 is 0 Å². The molecule has 82 valence electrons. The fourth-order valence-corrected chi connectivity index (χ4v) is 2.70. The van der Waals surface area contributed by atoms with Crippen LogP contribution in [0.15, 0.2) is 45.3 Å². The standard InChI is InChI=1S/C12H6Br2Cl2/c13-11-9(5-6-10(16)12(11)14)7-1-3-8(15)4-2-7/h1-6H. The molecule has 2 aromatic carbocycles. The van der Waals surface area contributed by atoms with Gasteiger partial charge in [0, 0.05) is 9.50 Å². The Balaban J connectivity index is 2.57. The van der Waals surface area contributed by atoms with Crippen molar-refractivity contribution in [1.82, 2.24) is 0 Å². The Bertz CT molecular complexity index is 521. The first kappa shape index (κ1) is 12.4. The van der Waals surface area contributed by atoms with Gasteiger partial charge in [0.1, 0.15) is 0 Å². The van der Waals surface area contributed by atoms with Crippen LogP contribution in [0.25, 0.3) is 11.1 Å². The Morgan fingerprint density at radius 2 is 1.38 bits per heavy atom. The molecular formula is C12H6Br2Cl2. The van der Waals surface area contributed by atoms with Gasteiger partial charge in [0.25, 0.3) is 0 Å². The molecule has 0 heterocycles. The topological polar surface area (TPSA) is 0 Å². The van der Waals surface area contributed by atoms with Crippen LogP contribution in [0.2, 0.25) is 10.0 Å². The molecule has 0 bridgehead atoms. The molecule has 0 fully saturated rings. The van der Waals surface area contributed by atoms with E-state index in [9.17, 15) is 0 Å². The van der Waals surface area contributed by atoms with E-state index in [2.05, 4.69) is 31.9 Å². The van der Waals surface area contributed by atoms with Crippen molar-refractivity contribution in [3.8, 4) is 11.1 Å². The third-order valence-corrected chi connectivity index (χ3v) is 5.17. The monoisotopic (exact) mass is 378 g/mol. The summed E-state index contributed by atoms with van der Waals surface area (Å²) < 4.78 is 1.81. The zero-order chi connectivity index (χ0) is 11.7. The maximum absolute atomic E-state index is 6.00. The second-order valence-electron chi connectivity index (χ2n) is 3.23. The summed E-state index contributed by atoms with van der Waals surface area (Å²) in [6.45, 7) is 0. The van der Waals surface area contributed by atoms with E-state index in [0.29, 0.717) is 5.02 Å². The van der Waals surface area contributed by atoms with Crippen molar-refractivity contribution >= 4 is 55.1 Å². The maximum atomic E-state index is 6.00. The van der Waals surface area contributed by atoms with E-state index >= 15 is 0 Å². The lowest BCUT2D eigenvalue weighted by atomic mass is 10.1. The Labute approximate surface area is 121 Å². The molecular weight excluding hydrogens is 375 g/mol. The minimum absolute atomic E-state index is 0.685. The third kappa shape index (κ3) is 2.45. The molecule has 0 amide bonds. The van der Waals surface area contributed by atoms with Gasteiger partial charge in [0.15, 0.2) is 0 Å². The van der Waals surface area contributed by atoms with Crippen LogP contribution in [0.3, 0.4) is 0 Å². The Hall–Kier alpha value is -0.0200. The number of hydrogen-bond donors (Lipinski definition) is 0. The van der Waals surface area contributed by atoms with Crippen molar-refractivity contribution < 1.29 is 0 Å². The van der Waals surface area contributed by atoms with Gasteiger partial charge < -0.3 is 0 Å². The van der Waals surface area contributed by atoms with Crippen molar-refractivity contribution in [3.63, 3.8) is 0 Å². The van der Waals surface area contributed by atoms with E-state index in [1.807, 2.05) is 36.4 Å². The highest BCUT2D eigenvalue weighted by Gasteiger charge is 2.09. The van der Waals surface area contributed by atoms with E-state index in [0.717, 1.165) is 25.1 Å². The van der Waals surface area contributed by atoms with Crippen LogP contribution in [0.5, 0.6) is 0 Å². The molecule has 0 nitrogen and oxygen atoms in total. The second-order valence-corrected chi connectivity index (χ2v) is 5.66. The first-order valence-corrected chi connectivity index (χ1v) is 6.83. The molecule has 0 aliphatic rings. The van der Waals surface area contributed by atoms with Gasteiger partial charge in [-0.15, -0.1) is 0 Å². The first-order valence-electron chi connectivity index (χ1n) is 4.49. The van der Waals surface area contributed by atoms with Crippen LogP contribution in [-0.4, -0.2) is 0 Å². The predicted molar refractivity (Wildman–Crippen MR) is 77.3 cm³/mol. The van der Waals surface area contributed by atoms with Crippen LogP contribution in [0.1, 0.15) is 0 Å². The summed E-state index contributed by atoms with van der Waals surface area (Å²) in [6.07, 6.45) is 0. The highest BCUT2D eigenvalue weighted by Crippen LogP contribution is 2.38. The summed E-state index contributed by atoms with van der Waals surface area (Å²) >= 11 is 18.8. The van der Waals surface area contributed by atoms with E-state index in [1.54, 1.807) is 0 Å². The van der Waals surface area contributed by atoms with Crippen LogP contribution >= 0.6 is 55.1 Å². The summed E-state index contributed by atoms with van der Waals surface area (Å²) in [4.78, 5) is 0. The van der Waals surface area contributed by atoms with E-state index in [4.69, 9.17) is 23.2 Å². The van der Waals surface area contributed by atoms with Crippen molar-refractivity contribution in [2.24, 2.45) is 0 Å². The molecule has 0 aliphatic carbocycles. The minimum Gasteiger partial charge on any atom is -0.0843 e. The lowest BCUT2D eigenvalue weighted by Crippen LogP contribution is -1.82. The van der Waals surface area contributed by atoms with Gasteiger partial charge in [-0.1, -0.05) is 41.4 Å². The van der Waals surface area contributed by atoms with Crippen LogP contribution in [0.4, 0.5) is 0 Å². The summed E-state index contributed by atoms with van der Waals surface area (Å²) in [7, 11) is 0. The Morgan fingerprint density at radius 1 is 0.750 bits per heavy atom. The van der Waals surface area contributed by atoms with Gasteiger partial charge in [0.05, 0.1) is 9.50 Å². The first-order chi connectivity index (χ1) is 7.59. The van der Waals surface area contributed by atoms with Gasteiger partial charge in [-0.3, -0.25) is 0 Å². The molecule has 0 saturated heterocycles. The van der Waals surface area contributed by atoms with Gasteiger partial charge in [-0.25, -0.2) is 0 Å². The highest BCUT2D eigenvalue weighted by molar-refractivity contribution is 9.13. The SMILES string of the molecule is Clc1ccc(-c2ccc(Cl)c(Br)c2Br)cc1. The lowest BCUT2D eigenvalue weighted by molar-refractivity contribution is 1.55. The molecule has 0 spiro atoms. The second kappa shape index (κ2) is 5.09. The van der Waals surface area contributed by atoms with Crippen LogP contribution in [0, 0.1) is 0 Å². The Morgan fingerprint density at radius 3 is 2.00 bits per heavy atom. The number of halogens is 4. The molecule has 0 aromatic heterocycles. The van der Waals surface area contributed by atoms with Gasteiger partial charge in [0.2, 0.25) is 0 Å². The summed E-state index contributed by atoms with van der Waals surface area (Å²) in [5, 5.41) is 1.41. The van der Waals surface area contributed by atoms with Crippen molar-refractivity contribution in [3.05, 3.63) is 55.4 Å². The van der Waals surface area contributed by atoms with Crippen molar-refractivity contribution in [2.45, 2.75) is 0 Å². The van der Waals surface area contributed by atoms with Crippen molar-refractivity contribution in [2.75, 3.05) is 0 Å². The third-order valence-electron chi connectivity index (χ3n) is 2.19. The largest absolute Gasteiger partial charge is 0.0843 e. The molecule has 0 aliphatic heterocycles. The summed E-state index contributed by atoms with van der Waals surface area (Å²) in [5.41, 5.74) is 2.17. The zero-order valence-corrected chi connectivity index (χ0v) is 12.7. The molecule has 0 atom stereocenters. The molecule has 0 saturated carbocycles. The van der Waals surface area contributed by atoms with Gasteiger partial charge in [-0.05, 0) is 61.2 Å². The number of rotatable bonds is 1. The van der Waals surface area contributed by atoms with Crippen LogP contribution < -0.4 is 0 Å². The van der Waals surface area contributed by atoms with Crippen molar-refractivity contribution in [1.29, 1.82) is 0 Å². The molecule has 2 aromatic rings. The summed E-state index contributed by atoms with van der Waals surface area (Å²) in [5.74, 6) is 0. The molecule has 4 heteroatoms. The average Bonchev–Trinajstić information content (AvgIpc) is 2.28. The molecule has 0 N–H and O–H groups in total. The fraction of sp³-hybridized carbons (Fsp3) is 0. The minimum atomic E-state index is 0.685. The smallest absolute Gasteiger partial charge is 0.0559 e. The normalized spacial score (nSPS) is 10.5. The Kier molecular flexibility index (Phi) is 3.96. The average molecular weight is 381 g/mol. The lowest BCUT2D eigenvalue weighted by Gasteiger charge is -2.08. The highest BCUT2D eigenvalue weighted by atomic mass is 79.9. The number of benzene rings is 2. The molecule has 0 unspecified atom stereocenters. The maximum Gasteiger partial charge on any atom is 0.0559 e. The molecule has 2 rings (SSSR count). The van der Waals surface area contributed by atoms with E-state index in [1.165, 1.54) is 0 Å². The van der Waals surface area contributed by atoms with Crippen LogP contribution in [-0.2, 0) is 0 Å².